The van der Waals surface area contributed by atoms with E-state index in [1.165, 1.54) is 11.3 Å². The molecule has 0 unspecified atom stereocenters. The average Bonchev–Trinajstić information content (AvgIpc) is 2.85. The molecule has 2 heterocycles. The van der Waals surface area contributed by atoms with Crippen LogP contribution in [0.3, 0.4) is 0 Å². The second-order valence-electron chi connectivity index (χ2n) is 2.95. The van der Waals surface area contributed by atoms with Crippen molar-refractivity contribution in [1.29, 1.82) is 0 Å². The first-order valence-corrected chi connectivity index (χ1v) is 5.46. The van der Waals surface area contributed by atoms with E-state index in [0.717, 1.165) is 0 Å². The first-order valence-electron chi connectivity index (χ1n) is 4.52. The minimum Gasteiger partial charge on any atom is -0.338 e. The Morgan fingerprint density at radius 1 is 1.60 bits per heavy atom. The van der Waals surface area contributed by atoms with Crippen LogP contribution in [0.15, 0.2) is 15.4 Å². The maximum absolute atomic E-state index is 11.1. The number of carbonyl (C=O) groups is 1. The molecule has 0 aliphatic rings. The molecule has 78 valence electrons. The van der Waals surface area contributed by atoms with E-state index in [9.17, 15) is 4.79 Å². The van der Waals surface area contributed by atoms with Gasteiger partial charge in [-0.1, -0.05) is 12.1 Å². The van der Waals surface area contributed by atoms with E-state index in [1.54, 1.807) is 12.4 Å². The number of aromatic nitrogens is 3. The minimum absolute atomic E-state index is 0.0866. The molecular formula is C9H9N3O2S. The first-order chi connectivity index (χ1) is 7.29. The maximum Gasteiger partial charge on any atom is 0.234 e. The predicted molar refractivity (Wildman–Crippen MR) is 54.4 cm³/mol. The third-order valence-corrected chi connectivity index (χ3v) is 2.46. The Hall–Kier alpha value is -1.56. The molecule has 0 bridgehead atoms. The van der Waals surface area contributed by atoms with Crippen molar-refractivity contribution in [1.82, 2.24) is 15.1 Å². The van der Waals surface area contributed by atoms with Crippen LogP contribution in [0.4, 0.5) is 0 Å². The fourth-order valence-corrected chi connectivity index (χ4v) is 1.58. The van der Waals surface area contributed by atoms with Gasteiger partial charge in [-0.3, -0.25) is 4.79 Å². The normalized spacial score (nSPS) is 10.5. The van der Waals surface area contributed by atoms with Crippen molar-refractivity contribution in [2.75, 3.05) is 0 Å². The van der Waals surface area contributed by atoms with Crippen LogP contribution in [0.2, 0.25) is 0 Å². The minimum atomic E-state index is 0.0866. The number of thiazole rings is 1. The fraction of sp³-hybridized carbons (Fsp3) is 0.333. The van der Waals surface area contributed by atoms with E-state index in [4.69, 9.17) is 4.52 Å². The standard InChI is InChI=1S/C9H9N3O2S/c1-2-6(13)3-8-11-9(12-14-8)7-4-15-5-10-7/h4-5H,2-3H2,1H3. The third kappa shape index (κ3) is 2.27. The van der Waals surface area contributed by atoms with Crippen molar-refractivity contribution in [2.45, 2.75) is 19.8 Å². The zero-order valence-electron chi connectivity index (χ0n) is 8.14. The van der Waals surface area contributed by atoms with E-state index in [1.807, 2.05) is 5.38 Å². The Labute approximate surface area is 90.2 Å². The van der Waals surface area contributed by atoms with Gasteiger partial charge in [-0.05, 0) is 0 Å². The summed E-state index contributed by atoms with van der Waals surface area (Å²) in [7, 11) is 0. The largest absolute Gasteiger partial charge is 0.338 e. The van der Waals surface area contributed by atoms with Crippen molar-refractivity contribution in [3.8, 4) is 11.5 Å². The van der Waals surface area contributed by atoms with Gasteiger partial charge in [-0.15, -0.1) is 11.3 Å². The van der Waals surface area contributed by atoms with Gasteiger partial charge >= 0.3 is 0 Å². The highest BCUT2D eigenvalue weighted by Gasteiger charge is 2.12. The number of rotatable bonds is 4. The van der Waals surface area contributed by atoms with Crippen LogP contribution in [0.1, 0.15) is 19.2 Å². The molecule has 0 atom stereocenters. The van der Waals surface area contributed by atoms with Crippen molar-refractivity contribution in [3.05, 3.63) is 16.8 Å². The molecule has 0 aliphatic carbocycles. The van der Waals surface area contributed by atoms with E-state index < -0.39 is 0 Å². The Morgan fingerprint density at radius 3 is 3.13 bits per heavy atom. The number of nitrogens with zero attached hydrogens (tertiary/aromatic N) is 3. The SMILES string of the molecule is CCC(=O)Cc1nc(-c2cscn2)no1. The van der Waals surface area contributed by atoms with Crippen LogP contribution in [0, 0.1) is 0 Å². The summed E-state index contributed by atoms with van der Waals surface area (Å²) >= 11 is 1.46. The van der Waals surface area contributed by atoms with Crippen molar-refractivity contribution < 1.29 is 9.32 Å². The summed E-state index contributed by atoms with van der Waals surface area (Å²) in [6.07, 6.45) is 0.683. The van der Waals surface area contributed by atoms with Crippen LogP contribution < -0.4 is 0 Å². The lowest BCUT2D eigenvalue weighted by molar-refractivity contribution is -0.118. The molecule has 0 saturated heterocycles. The molecule has 0 spiro atoms. The first kappa shape index (κ1) is 9.97. The average molecular weight is 223 g/mol. The highest BCUT2D eigenvalue weighted by atomic mass is 32.1. The summed E-state index contributed by atoms with van der Waals surface area (Å²) in [5, 5.41) is 5.58. The Bertz CT molecular complexity index is 450. The summed E-state index contributed by atoms with van der Waals surface area (Å²) in [5.41, 5.74) is 2.38. The summed E-state index contributed by atoms with van der Waals surface area (Å²) in [4.78, 5) is 19.3. The lowest BCUT2D eigenvalue weighted by Gasteiger charge is -1.88. The molecule has 0 amide bonds. The molecule has 5 nitrogen and oxygen atoms in total. The van der Waals surface area contributed by atoms with E-state index in [-0.39, 0.29) is 12.2 Å². The zero-order valence-corrected chi connectivity index (χ0v) is 8.95. The molecule has 2 rings (SSSR count). The summed E-state index contributed by atoms with van der Waals surface area (Å²) in [6.45, 7) is 1.81. The summed E-state index contributed by atoms with van der Waals surface area (Å²) < 4.78 is 4.94. The lowest BCUT2D eigenvalue weighted by Crippen LogP contribution is -2.00. The van der Waals surface area contributed by atoms with E-state index >= 15 is 0 Å². The molecule has 0 saturated carbocycles. The molecule has 2 aromatic heterocycles. The molecule has 0 aromatic carbocycles. The third-order valence-electron chi connectivity index (χ3n) is 1.87. The van der Waals surface area contributed by atoms with Gasteiger partial charge in [0.1, 0.15) is 11.5 Å². The molecular weight excluding hydrogens is 214 g/mol. The van der Waals surface area contributed by atoms with Gasteiger partial charge in [0.2, 0.25) is 11.7 Å². The molecule has 2 aromatic rings. The quantitative estimate of drug-likeness (QED) is 0.789. The van der Waals surface area contributed by atoms with Crippen molar-refractivity contribution in [3.63, 3.8) is 0 Å². The number of hydrogen-bond acceptors (Lipinski definition) is 6. The monoisotopic (exact) mass is 223 g/mol. The Kier molecular flexibility index (Phi) is 2.86. The highest BCUT2D eigenvalue weighted by molar-refractivity contribution is 7.07. The van der Waals surface area contributed by atoms with Gasteiger partial charge in [-0.25, -0.2) is 4.98 Å². The molecule has 0 fully saturated rings. The van der Waals surface area contributed by atoms with Gasteiger partial charge < -0.3 is 4.52 Å². The zero-order chi connectivity index (χ0) is 10.7. The number of ketones is 1. The molecule has 6 heteroatoms. The molecule has 0 radical (unpaired) electrons. The lowest BCUT2D eigenvalue weighted by atomic mass is 10.2. The van der Waals surface area contributed by atoms with E-state index in [2.05, 4.69) is 15.1 Å². The smallest absolute Gasteiger partial charge is 0.234 e. The number of Topliss-reactive ketones (excluding diaryl/α,β-unsaturated/α-hetero) is 1. The number of hydrogen-bond donors (Lipinski definition) is 0. The highest BCUT2D eigenvalue weighted by Crippen LogP contribution is 2.15. The molecule has 0 N–H and O–H groups in total. The number of carbonyl (C=O) groups excluding carboxylic acids is 1. The Balaban J connectivity index is 2.14. The molecule has 15 heavy (non-hydrogen) atoms. The van der Waals surface area contributed by atoms with Gasteiger partial charge in [0.25, 0.3) is 0 Å². The van der Waals surface area contributed by atoms with Crippen LogP contribution in [0.5, 0.6) is 0 Å². The van der Waals surface area contributed by atoms with Gasteiger partial charge in [0.05, 0.1) is 11.9 Å². The topological polar surface area (TPSA) is 68.9 Å². The summed E-state index contributed by atoms with van der Waals surface area (Å²) in [5.74, 6) is 0.878. The van der Waals surface area contributed by atoms with Gasteiger partial charge in [0.15, 0.2) is 0 Å². The van der Waals surface area contributed by atoms with Gasteiger partial charge in [-0.2, -0.15) is 4.98 Å². The maximum atomic E-state index is 11.1. The van der Waals surface area contributed by atoms with Crippen molar-refractivity contribution in [2.24, 2.45) is 0 Å². The van der Waals surface area contributed by atoms with Crippen LogP contribution in [0.25, 0.3) is 11.5 Å². The van der Waals surface area contributed by atoms with Crippen LogP contribution in [-0.2, 0) is 11.2 Å². The predicted octanol–water partition coefficient (Wildman–Crippen LogP) is 1.71. The fourth-order valence-electron chi connectivity index (χ4n) is 1.05. The second-order valence-corrected chi connectivity index (χ2v) is 3.67. The van der Waals surface area contributed by atoms with E-state index in [0.29, 0.717) is 23.8 Å². The molecule has 0 aliphatic heterocycles. The second kappa shape index (κ2) is 4.31. The Morgan fingerprint density at radius 2 is 2.47 bits per heavy atom. The van der Waals surface area contributed by atoms with Crippen LogP contribution >= 0.6 is 11.3 Å². The van der Waals surface area contributed by atoms with Crippen molar-refractivity contribution >= 4 is 17.1 Å². The van der Waals surface area contributed by atoms with Gasteiger partial charge in [0, 0.05) is 11.8 Å². The van der Waals surface area contributed by atoms with Crippen LogP contribution in [-0.4, -0.2) is 20.9 Å². The summed E-state index contributed by atoms with van der Waals surface area (Å²) in [6, 6.07) is 0.